The van der Waals surface area contributed by atoms with Gasteiger partial charge in [-0.1, -0.05) is 35.9 Å². The van der Waals surface area contributed by atoms with Gasteiger partial charge in [0.05, 0.1) is 6.61 Å². The first-order valence-corrected chi connectivity index (χ1v) is 9.44. The van der Waals surface area contributed by atoms with Crippen LogP contribution in [0.3, 0.4) is 0 Å². The largest absolute Gasteiger partial charge is 0.507 e. The Morgan fingerprint density at radius 2 is 1.83 bits per heavy atom. The highest BCUT2D eigenvalue weighted by molar-refractivity contribution is 5.99. The fourth-order valence-electron chi connectivity index (χ4n) is 3.23. The highest BCUT2D eigenvalue weighted by Crippen LogP contribution is 2.31. The molecule has 3 rings (SSSR count). The lowest BCUT2D eigenvalue weighted by Crippen LogP contribution is -2.60. The number of aliphatic hydroxyl groups excluding tert-OH is 4. The molecule has 162 valence electrons. The SMILES string of the molecule is Cc1cccc(CNC(=O)c2c(O)cccc2O[C@@H]2O[C@H](CO)[C@@H](O)[C@H](O)[C@H]2O)c1. The summed E-state index contributed by atoms with van der Waals surface area (Å²) in [7, 11) is 0. The van der Waals surface area contributed by atoms with Crippen LogP contribution in [0.25, 0.3) is 0 Å². The molecule has 2 aromatic rings. The molecule has 6 N–H and O–H groups in total. The lowest BCUT2D eigenvalue weighted by Gasteiger charge is -2.39. The predicted octanol–water partition coefficient (Wildman–Crippen LogP) is -0.191. The molecule has 0 aromatic heterocycles. The number of carbonyl (C=O) groups is 1. The number of aliphatic hydroxyl groups is 4. The van der Waals surface area contributed by atoms with Crippen molar-refractivity contribution in [1.82, 2.24) is 5.32 Å². The first-order valence-electron chi connectivity index (χ1n) is 9.44. The van der Waals surface area contributed by atoms with Gasteiger partial charge in [0, 0.05) is 6.54 Å². The second-order valence-electron chi connectivity index (χ2n) is 7.14. The number of phenolic OH excluding ortho intramolecular Hbond substituents is 1. The summed E-state index contributed by atoms with van der Waals surface area (Å²) in [6, 6.07) is 11.7. The number of phenols is 1. The molecule has 1 aliphatic heterocycles. The first-order chi connectivity index (χ1) is 14.3. The van der Waals surface area contributed by atoms with Crippen molar-refractivity contribution in [2.24, 2.45) is 0 Å². The van der Waals surface area contributed by atoms with Crippen molar-refractivity contribution in [2.75, 3.05) is 6.61 Å². The van der Waals surface area contributed by atoms with Crippen LogP contribution in [0.2, 0.25) is 0 Å². The van der Waals surface area contributed by atoms with Gasteiger partial charge in [-0.25, -0.2) is 0 Å². The molecule has 1 amide bonds. The summed E-state index contributed by atoms with van der Waals surface area (Å²) in [6.07, 6.45) is -7.45. The molecule has 9 heteroatoms. The zero-order valence-corrected chi connectivity index (χ0v) is 16.3. The number of rotatable bonds is 6. The predicted molar refractivity (Wildman–Crippen MR) is 105 cm³/mol. The maximum absolute atomic E-state index is 12.7. The van der Waals surface area contributed by atoms with E-state index in [0.717, 1.165) is 11.1 Å². The van der Waals surface area contributed by atoms with Crippen LogP contribution < -0.4 is 10.1 Å². The standard InChI is InChI=1S/C21H25NO8/c1-11-4-2-5-12(8-11)9-22-20(28)16-13(24)6-3-7-14(16)29-21-19(27)18(26)17(25)15(10-23)30-21/h2-8,15,17-19,21,23-27H,9-10H2,1H3,(H,22,28)/t15-,17-,18+,19-,21-/m1/s1. The van der Waals surface area contributed by atoms with E-state index in [1.54, 1.807) is 0 Å². The van der Waals surface area contributed by atoms with Crippen LogP contribution in [0.15, 0.2) is 42.5 Å². The highest BCUT2D eigenvalue weighted by Gasteiger charge is 2.45. The van der Waals surface area contributed by atoms with Crippen LogP contribution in [-0.4, -0.2) is 68.8 Å². The van der Waals surface area contributed by atoms with Crippen molar-refractivity contribution in [2.45, 2.75) is 44.2 Å². The Morgan fingerprint density at radius 3 is 2.53 bits per heavy atom. The minimum absolute atomic E-state index is 0.0962. The van der Waals surface area contributed by atoms with Crippen molar-refractivity contribution < 1.29 is 39.8 Å². The van der Waals surface area contributed by atoms with Crippen molar-refractivity contribution in [1.29, 1.82) is 0 Å². The molecule has 0 unspecified atom stereocenters. The van der Waals surface area contributed by atoms with E-state index in [1.165, 1.54) is 18.2 Å². The lowest BCUT2D eigenvalue weighted by atomic mass is 9.99. The highest BCUT2D eigenvalue weighted by atomic mass is 16.7. The number of hydrogen-bond donors (Lipinski definition) is 6. The van der Waals surface area contributed by atoms with Gasteiger partial charge in [-0.3, -0.25) is 4.79 Å². The number of hydrogen-bond acceptors (Lipinski definition) is 8. The molecule has 1 aliphatic rings. The number of carbonyl (C=O) groups excluding carboxylic acids is 1. The van der Waals surface area contributed by atoms with Crippen molar-refractivity contribution in [3.8, 4) is 11.5 Å². The van der Waals surface area contributed by atoms with Gasteiger partial charge in [-0.05, 0) is 24.6 Å². The van der Waals surface area contributed by atoms with Crippen LogP contribution in [0.4, 0.5) is 0 Å². The molecule has 30 heavy (non-hydrogen) atoms. The number of amides is 1. The number of benzene rings is 2. The second kappa shape index (κ2) is 9.41. The molecular weight excluding hydrogens is 394 g/mol. The molecule has 0 spiro atoms. The van der Waals surface area contributed by atoms with Gasteiger partial charge in [-0.15, -0.1) is 0 Å². The maximum atomic E-state index is 12.7. The molecule has 0 bridgehead atoms. The Bertz CT molecular complexity index is 887. The summed E-state index contributed by atoms with van der Waals surface area (Å²) in [5.41, 5.74) is 1.73. The summed E-state index contributed by atoms with van der Waals surface area (Å²) < 4.78 is 10.9. The number of ether oxygens (including phenoxy) is 2. The third-order valence-electron chi connectivity index (χ3n) is 4.86. The molecule has 1 heterocycles. The second-order valence-corrected chi connectivity index (χ2v) is 7.14. The number of nitrogens with one attached hydrogen (secondary N) is 1. The fraction of sp³-hybridized carbons (Fsp3) is 0.381. The van der Waals surface area contributed by atoms with Gasteiger partial charge in [-0.2, -0.15) is 0 Å². The molecule has 1 saturated heterocycles. The van der Waals surface area contributed by atoms with E-state index >= 15 is 0 Å². The van der Waals surface area contributed by atoms with Crippen LogP contribution in [0, 0.1) is 6.92 Å². The van der Waals surface area contributed by atoms with Crippen molar-refractivity contribution >= 4 is 5.91 Å². The third-order valence-corrected chi connectivity index (χ3v) is 4.86. The normalized spacial score (nSPS) is 26.2. The molecular formula is C21H25NO8. The minimum Gasteiger partial charge on any atom is -0.507 e. The molecule has 5 atom stereocenters. The van der Waals surface area contributed by atoms with Gasteiger partial charge >= 0.3 is 0 Å². The van der Waals surface area contributed by atoms with Crippen LogP contribution >= 0.6 is 0 Å². The van der Waals surface area contributed by atoms with Crippen molar-refractivity contribution in [3.05, 3.63) is 59.2 Å². The summed E-state index contributed by atoms with van der Waals surface area (Å²) >= 11 is 0. The van der Waals surface area contributed by atoms with Gasteiger partial charge < -0.3 is 40.3 Å². The fourth-order valence-corrected chi connectivity index (χ4v) is 3.23. The maximum Gasteiger partial charge on any atom is 0.259 e. The van der Waals surface area contributed by atoms with E-state index in [4.69, 9.17) is 9.47 Å². The Morgan fingerprint density at radius 1 is 1.10 bits per heavy atom. The van der Waals surface area contributed by atoms with Crippen molar-refractivity contribution in [3.63, 3.8) is 0 Å². The van der Waals surface area contributed by atoms with Gasteiger partial charge in [0.2, 0.25) is 6.29 Å². The van der Waals surface area contributed by atoms with E-state index in [1.807, 2.05) is 31.2 Å². The van der Waals surface area contributed by atoms with E-state index in [0.29, 0.717) is 0 Å². The van der Waals surface area contributed by atoms with Gasteiger partial charge in [0.1, 0.15) is 41.5 Å². The molecule has 0 radical (unpaired) electrons. The van der Waals surface area contributed by atoms with Gasteiger partial charge in [0.15, 0.2) is 0 Å². The molecule has 1 fully saturated rings. The third kappa shape index (κ3) is 4.72. The Hall–Kier alpha value is -2.69. The summed E-state index contributed by atoms with van der Waals surface area (Å²) in [5.74, 6) is -1.06. The average molecular weight is 419 g/mol. The van der Waals surface area contributed by atoms with Crippen LogP contribution in [-0.2, 0) is 11.3 Å². The topological polar surface area (TPSA) is 149 Å². The smallest absolute Gasteiger partial charge is 0.259 e. The summed E-state index contributed by atoms with van der Waals surface area (Å²) in [4.78, 5) is 12.7. The number of aryl methyl sites for hydroxylation is 1. The zero-order chi connectivity index (χ0) is 21.8. The molecule has 9 nitrogen and oxygen atoms in total. The zero-order valence-electron chi connectivity index (χ0n) is 16.3. The summed E-state index contributed by atoms with van der Waals surface area (Å²) in [6.45, 7) is 1.53. The molecule has 0 aliphatic carbocycles. The average Bonchev–Trinajstić information content (AvgIpc) is 2.72. The molecule has 2 aromatic carbocycles. The Kier molecular flexibility index (Phi) is 6.91. The van der Waals surface area contributed by atoms with E-state index in [-0.39, 0.29) is 23.6 Å². The Balaban J connectivity index is 1.78. The minimum atomic E-state index is -1.65. The van der Waals surface area contributed by atoms with Crippen LogP contribution in [0.5, 0.6) is 11.5 Å². The summed E-state index contributed by atoms with van der Waals surface area (Å²) in [5, 5.41) is 52.1. The lowest BCUT2D eigenvalue weighted by molar-refractivity contribution is -0.277. The van der Waals surface area contributed by atoms with Gasteiger partial charge in [0.25, 0.3) is 5.91 Å². The van der Waals surface area contributed by atoms with Crippen LogP contribution in [0.1, 0.15) is 21.5 Å². The quantitative estimate of drug-likeness (QED) is 0.377. The first kappa shape index (κ1) is 22.0. The van der Waals surface area contributed by atoms with E-state index in [9.17, 15) is 30.3 Å². The number of aromatic hydroxyl groups is 1. The monoisotopic (exact) mass is 419 g/mol. The van der Waals surface area contributed by atoms with E-state index in [2.05, 4.69) is 5.32 Å². The molecule has 0 saturated carbocycles. The Labute approximate surface area is 173 Å². The van der Waals surface area contributed by atoms with E-state index < -0.39 is 43.2 Å².